The molecule has 2 aromatic rings. The van der Waals surface area contributed by atoms with Gasteiger partial charge in [0.2, 0.25) is 0 Å². The van der Waals surface area contributed by atoms with Crippen LogP contribution in [-0.2, 0) is 6.42 Å². The van der Waals surface area contributed by atoms with Gasteiger partial charge in [0, 0.05) is 32.1 Å². The van der Waals surface area contributed by atoms with Crippen molar-refractivity contribution < 1.29 is 4.39 Å². The maximum absolute atomic E-state index is 13.2. The summed E-state index contributed by atoms with van der Waals surface area (Å²) >= 11 is 0. The Morgan fingerprint density at radius 2 is 2.23 bits per heavy atom. The van der Waals surface area contributed by atoms with Gasteiger partial charge in [-0.3, -0.25) is 10.1 Å². The van der Waals surface area contributed by atoms with Crippen molar-refractivity contribution in [3.8, 4) is 0 Å². The van der Waals surface area contributed by atoms with Crippen LogP contribution in [0.1, 0.15) is 43.5 Å². The van der Waals surface area contributed by atoms with E-state index >= 15 is 0 Å². The number of nitrogens with zero attached hydrogens (tertiary/aromatic N) is 4. The topological polar surface area (TPSA) is 69.2 Å². The predicted octanol–water partition coefficient (Wildman–Crippen LogP) is 2.72. The maximum Gasteiger partial charge on any atom is 0.193 e. The van der Waals surface area contributed by atoms with Gasteiger partial charge >= 0.3 is 0 Å². The minimum atomic E-state index is -0.172. The van der Waals surface area contributed by atoms with Crippen molar-refractivity contribution in [1.82, 2.24) is 25.4 Å². The first kappa shape index (κ1) is 18.4. The molecule has 1 saturated heterocycles. The Morgan fingerprint density at radius 1 is 1.38 bits per heavy atom. The third-order valence-corrected chi connectivity index (χ3v) is 4.72. The van der Waals surface area contributed by atoms with Crippen LogP contribution < -0.4 is 5.32 Å². The molecule has 0 spiro atoms. The normalized spacial score (nSPS) is 16.1. The standard InChI is InChI=1S/C19H27FN6/c1-2-21-19(22-10-4-6-15-5-3-7-17(20)13-15)26-11-8-16(9-12-26)18-23-14-24-25-18/h3,5,7,13-14,16H,2,4,6,8-12H2,1H3,(H,21,22)(H,23,24,25). The van der Waals surface area contributed by atoms with Gasteiger partial charge in [-0.1, -0.05) is 12.1 Å². The average Bonchev–Trinajstić information content (AvgIpc) is 3.19. The lowest BCUT2D eigenvalue weighted by atomic mass is 9.96. The van der Waals surface area contributed by atoms with Crippen molar-refractivity contribution in [2.45, 2.75) is 38.5 Å². The van der Waals surface area contributed by atoms with Gasteiger partial charge in [0.05, 0.1) is 0 Å². The fourth-order valence-electron chi connectivity index (χ4n) is 3.36. The molecule has 26 heavy (non-hydrogen) atoms. The van der Waals surface area contributed by atoms with Gasteiger partial charge in [-0.05, 0) is 50.3 Å². The Morgan fingerprint density at radius 3 is 2.92 bits per heavy atom. The number of benzene rings is 1. The second kappa shape index (κ2) is 9.31. The SMILES string of the molecule is CCNC(=NCCCc1cccc(F)c1)N1CCC(c2ncn[nH]2)CC1. The molecule has 0 atom stereocenters. The second-order valence-corrected chi connectivity index (χ2v) is 6.60. The molecule has 1 aliphatic heterocycles. The molecule has 140 valence electrons. The molecule has 0 bridgehead atoms. The minimum Gasteiger partial charge on any atom is -0.357 e. The van der Waals surface area contributed by atoms with Crippen LogP contribution in [0.3, 0.4) is 0 Å². The zero-order valence-corrected chi connectivity index (χ0v) is 15.3. The number of hydrogen-bond donors (Lipinski definition) is 2. The summed E-state index contributed by atoms with van der Waals surface area (Å²) in [5.74, 6) is 2.24. The van der Waals surface area contributed by atoms with Crippen molar-refractivity contribution in [1.29, 1.82) is 0 Å². The second-order valence-electron chi connectivity index (χ2n) is 6.60. The molecule has 0 amide bonds. The van der Waals surface area contributed by atoms with E-state index in [9.17, 15) is 4.39 Å². The molecule has 1 aliphatic rings. The van der Waals surface area contributed by atoms with Crippen LogP contribution in [0.2, 0.25) is 0 Å². The van der Waals surface area contributed by atoms with Crippen LogP contribution in [0, 0.1) is 5.82 Å². The lowest BCUT2D eigenvalue weighted by Crippen LogP contribution is -2.45. The molecular formula is C19H27FN6. The Bertz CT molecular complexity index is 692. The zero-order chi connectivity index (χ0) is 18.2. The third kappa shape index (κ3) is 5.03. The smallest absolute Gasteiger partial charge is 0.193 e. The number of guanidine groups is 1. The van der Waals surface area contributed by atoms with Gasteiger partial charge in [0.1, 0.15) is 18.0 Å². The number of piperidine rings is 1. The minimum absolute atomic E-state index is 0.172. The van der Waals surface area contributed by atoms with Crippen LogP contribution in [-0.4, -0.2) is 52.2 Å². The lowest BCUT2D eigenvalue weighted by molar-refractivity contribution is 0.299. The van der Waals surface area contributed by atoms with Crippen molar-refractivity contribution in [3.63, 3.8) is 0 Å². The Kier molecular flexibility index (Phi) is 6.57. The van der Waals surface area contributed by atoms with E-state index in [1.54, 1.807) is 18.5 Å². The van der Waals surface area contributed by atoms with Gasteiger partial charge in [0.25, 0.3) is 0 Å². The molecule has 2 heterocycles. The van der Waals surface area contributed by atoms with Crippen molar-refractivity contribution in [3.05, 3.63) is 47.8 Å². The Balaban J connectivity index is 1.49. The molecule has 0 aliphatic carbocycles. The van der Waals surface area contributed by atoms with Gasteiger partial charge in [-0.2, -0.15) is 5.10 Å². The summed E-state index contributed by atoms with van der Waals surface area (Å²) in [6.07, 6.45) is 5.42. The summed E-state index contributed by atoms with van der Waals surface area (Å²) in [7, 11) is 0. The van der Waals surface area contributed by atoms with Gasteiger partial charge in [-0.15, -0.1) is 0 Å². The summed E-state index contributed by atoms with van der Waals surface area (Å²) < 4.78 is 13.2. The van der Waals surface area contributed by atoms with E-state index in [1.165, 1.54) is 6.07 Å². The first-order valence-corrected chi connectivity index (χ1v) is 9.39. The number of nitrogens with one attached hydrogen (secondary N) is 2. The van der Waals surface area contributed by atoms with Crippen LogP contribution in [0.4, 0.5) is 4.39 Å². The number of likely N-dealkylation sites (tertiary alicyclic amines) is 1. The van der Waals surface area contributed by atoms with Crippen LogP contribution in [0.25, 0.3) is 0 Å². The summed E-state index contributed by atoms with van der Waals surface area (Å²) in [6, 6.07) is 6.81. The van der Waals surface area contributed by atoms with E-state index in [0.717, 1.165) is 69.2 Å². The molecular weight excluding hydrogens is 331 g/mol. The monoisotopic (exact) mass is 358 g/mol. The van der Waals surface area contributed by atoms with E-state index in [-0.39, 0.29) is 5.82 Å². The van der Waals surface area contributed by atoms with Crippen molar-refractivity contribution in [2.24, 2.45) is 4.99 Å². The number of aliphatic imine (C=N–C) groups is 1. The number of aromatic amines is 1. The predicted molar refractivity (Wildman–Crippen MR) is 101 cm³/mol. The van der Waals surface area contributed by atoms with Crippen LogP contribution >= 0.6 is 0 Å². The first-order chi connectivity index (χ1) is 12.8. The fourth-order valence-corrected chi connectivity index (χ4v) is 3.36. The summed E-state index contributed by atoms with van der Waals surface area (Å²) in [6.45, 7) is 5.59. The number of aryl methyl sites for hydroxylation is 1. The summed E-state index contributed by atoms with van der Waals surface area (Å²) in [5.41, 5.74) is 1.03. The highest BCUT2D eigenvalue weighted by molar-refractivity contribution is 5.80. The number of halogens is 1. The first-order valence-electron chi connectivity index (χ1n) is 9.39. The van der Waals surface area contributed by atoms with E-state index < -0.39 is 0 Å². The highest BCUT2D eigenvalue weighted by Crippen LogP contribution is 2.24. The molecule has 7 heteroatoms. The fraction of sp³-hybridized carbons (Fsp3) is 0.526. The summed E-state index contributed by atoms with van der Waals surface area (Å²) in [5, 5.41) is 10.3. The quantitative estimate of drug-likeness (QED) is 0.473. The maximum atomic E-state index is 13.2. The summed E-state index contributed by atoms with van der Waals surface area (Å²) in [4.78, 5) is 11.4. The molecule has 1 fully saturated rings. The zero-order valence-electron chi connectivity index (χ0n) is 15.3. The van der Waals surface area contributed by atoms with E-state index in [4.69, 9.17) is 4.99 Å². The van der Waals surface area contributed by atoms with Crippen molar-refractivity contribution in [2.75, 3.05) is 26.2 Å². The number of rotatable bonds is 6. The molecule has 0 radical (unpaired) electrons. The highest BCUT2D eigenvalue weighted by atomic mass is 19.1. The van der Waals surface area contributed by atoms with E-state index in [1.807, 2.05) is 6.07 Å². The van der Waals surface area contributed by atoms with E-state index in [2.05, 4.69) is 32.3 Å². The molecule has 2 N–H and O–H groups in total. The molecule has 0 unspecified atom stereocenters. The van der Waals surface area contributed by atoms with Gasteiger partial charge < -0.3 is 10.2 Å². The molecule has 1 aromatic carbocycles. The number of aromatic nitrogens is 3. The number of H-pyrrole nitrogens is 1. The third-order valence-electron chi connectivity index (χ3n) is 4.72. The molecule has 3 rings (SSSR count). The van der Waals surface area contributed by atoms with Crippen LogP contribution in [0.15, 0.2) is 35.6 Å². The van der Waals surface area contributed by atoms with Gasteiger partial charge in [-0.25, -0.2) is 9.37 Å². The van der Waals surface area contributed by atoms with E-state index in [0.29, 0.717) is 5.92 Å². The average molecular weight is 358 g/mol. The van der Waals surface area contributed by atoms with Crippen LogP contribution in [0.5, 0.6) is 0 Å². The lowest BCUT2D eigenvalue weighted by Gasteiger charge is -2.33. The number of hydrogen-bond acceptors (Lipinski definition) is 3. The molecule has 1 aromatic heterocycles. The largest absolute Gasteiger partial charge is 0.357 e. The Labute approximate surface area is 153 Å². The van der Waals surface area contributed by atoms with Gasteiger partial charge in [0.15, 0.2) is 5.96 Å². The highest BCUT2D eigenvalue weighted by Gasteiger charge is 2.24. The van der Waals surface area contributed by atoms with Crippen molar-refractivity contribution >= 4 is 5.96 Å². The molecule has 0 saturated carbocycles. The Hall–Kier alpha value is -2.44. The molecule has 6 nitrogen and oxygen atoms in total.